The lowest BCUT2D eigenvalue weighted by Crippen LogP contribution is -2.39. The van der Waals surface area contributed by atoms with Crippen LogP contribution in [0.4, 0.5) is 18.0 Å². The molecule has 1 N–H and O–H groups in total. The monoisotopic (exact) mass is 680 g/mol. The minimum Gasteiger partial charge on any atom is -0.443 e. The highest BCUT2D eigenvalue weighted by molar-refractivity contribution is 7.91. The number of alkyl halides is 3. The molecule has 0 aliphatic carbocycles. The molecular formula is C28H33Cl2F3N4O6S. The fraction of sp³-hybridized carbons (Fsp3) is 0.464. The summed E-state index contributed by atoms with van der Waals surface area (Å²) in [5.41, 5.74) is -0.217. The molecule has 0 spiro atoms. The maximum Gasteiger partial charge on any atom is 0.416 e. The molecular weight excluding hydrogens is 648 g/mol. The van der Waals surface area contributed by atoms with Gasteiger partial charge in [0.2, 0.25) is 5.91 Å². The molecule has 2 aromatic rings. The molecule has 10 nitrogen and oxygen atoms in total. The lowest BCUT2D eigenvalue weighted by atomic mass is 10.1. The van der Waals surface area contributed by atoms with Crippen molar-refractivity contribution < 1.29 is 40.7 Å². The molecule has 1 aliphatic rings. The van der Waals surface area contributed by atoms with Crippen LogP contribution in [-0.2, 0) is 36.8 Å². The number of hydrogen-bond donors (Lipinski definition) is 1. The second kappa shape index (κ2) is 14.5. The van der Waals surface area contributed by atoms with Crippen LogP contribution in [0.15, 0.2) is 46.3 Å². The van der Waals surface area contributed by atoms with Crippen molar-refractivity contribution >= 4 is 50.9 Å². The van der Waals surface area contributed by atoms with Gasteiger partial charge in [-0.1, -0.05) is 47.5 Å². The molecule has 2 aromatic carbocycles. The summed E-state index contributed by atoms with van der Waals surface area (Å²) in [7, 11) is -2.56. The molecule has 0 saturated carbocycles. The van der Waals surface area contributed by atoms with E-state index in [0.717, 1.165) is 11.1 Å². The molecule has 0 radical (unpaired) electrons. The molecule has 16 heteroatoms. The van der Waals surface area contributed by atoms with Crippen LogP contribution >= 0.6 is 23.2 Å². The molecule has 0 aromatic heterocycles. The third-order valence-corrected chi connectivity index (χ3v) is 8.56. The van der Waals surface area contributed by atoms with Gasteiger partial charge < -0.3 is 19.7 Å². The lowest BCUT2D eigenvalue weighted by Gasteiger charge is -2.25. The van der Waals surface area contributed by atoms with Crippen molar-refractivity contribution in [3.63, 3.8) is 0 Å². The first-order chi connectivity index (χ1) is 20.4. The van der Waals surface area contributed by atoms with Crippen LogP contribution in [-0.4, -0.2) is 87.4 Å². The average Bonchev–Trinajstić information content (AvgIpc) is 3.39. The largest absolute Gasteiger partial charge is 0.443 e. The molecule has 242 valence electrons. The van der Waals surface area contributed by atoms with E-state index in [1.54, 1.807) is 27.8 Å². The minimum absolute atomic E-state index is 0.0193. The van der Waals surface area contributed by atoms with Crippen LogP contribution in [0.25, 0.3) is 0 Å². The van der Waals surface area contributed by atoms with Crippen molar-refractivity contribution in [3.05, 3.63) is 63.1 Å². The maximum atomic E-state index is 12.9. The fourth-order valence-electron chi connectivity index (χ4n) is 4.02. The van der Waals surface area contributed by atoms with E-state index in [9.17, 15) is 31.2 Å². The van der Waals surface area contributed by atoms with Crippen LogP contribution in [0.3, 0.4) is 0 Å². The summed E-state index contributed by atoms with van der Waals surface area (Å²) in [5.74, 6) is -0.454. The summed E-state index contributed by atoms with van der Waals surface area (Å²) < 4.78 is 74.7. The van der Waals surface area contributed by atoms with Gasteiger partial charge in [0.15, 0.2) is 9.84 Å². The van der Waals surface area contributed by atoms with Crippen molar-refractivity contribution in [3.8, 4) is 0 Å². The van der Waals surface area contributed by atoms with E-state index < -0.39 is 54.1 Å². The first-order valence-electron chi connectivity index (χ1n) is 13.3. The zero-order valence-corrected chi connectivity index (χ0v) is 26.8. The van der Waals surface area contributed by atoms with Gasteiger partial charge in [-0.15, -0.1) is 0 Å². The van der Waals surface area contributed by atoms with Crippen LogP contribution in [0.2, 0.25) is 10.0 Å². The standard InChI is InChI=1S/C28H33Cl2F3N4O6S/c1-27(2,3)43-26(39)37-11-9-35-25(37)19-7-5-18(6-8-19)15-36(4)23(38)16-42-12-10-34-17-44(40,41)24-21(29)13-20(14-22(24)30)28(31,32)33/h5-8,13-14,34H,9-12,15-17H2,1-4H3. The van der Waals surface area contributed by atoms with Crippen molar-refractivity contribution in [2.24, 2.45) is 4.99 Å². The molecule has 0 atom stereocenters. The van der Waals surface area contributed by atoms with E-state index in [0.29, 0.717) is 31.1 Å². The van der Waals surface area contributed by atoms with Crippen molar-refractivity contribution in [1.29, 1.82) is 0 Å². The topological polar surface area (TPSA) is 118 Å². The Morgan fingerprint density at radius 3 is 2.27 bits per heavy atom. The van der Waals surface area contributed by atoms with Gasteiger partial charge in [0.1, 0.15) is 28.8 Å². The van der Waals surface area contributed by atoms with Gasteiger partial charge in [-0.3, -0.25) is 14.7 Å². The third-order valence-electron chi connectivity index (χ3n) is 6.09. The Morgan fingerprint density at radius 1 is 1.09 bits per heavy atom. The van der Waals surface area contributed by atoms with Crippen LogP contribution in [0, 0.1) is 0 Å². The van der Waals surface area contributed by atoms with Gasteiger partial charge in [-0.25, -0.2) is 13.2 Å². The van der Waals surface area contributed by atoms with E-state index in [1.165, 1.54) is 9.80 Å². The van der Waals surface area contributed by atoms with Crippen molar-refractivity contribution in [2.75, 3.05) is 45.8 Å². The van der Waals surface area contributed by atoms with Gasteiger partial charge >= 0.3 is 12.3 Å². The lowest BCUT2D eigenvalue weighted by molar-refractivity contribution is -0.137. The highest BCUT2D eigenvalue weighted by Crippen LogP contribution is 2.38. The van der Waals surface area contributed by atoms with Crippen molar-refractivity contribution in [2.45, 2.75) is 44.0 Å². The number of benzene rings is 2. The summed E-state index contributed by atoms with van der Waals surface area (Å²) in [6.07, 6.45) is -5.20. The zero-order valence-electron chi connectivity index (χ0n) is 24.5. The zero-order chi connectivity index (χ0) is 32.9. The molecule has 1 aliphatic heterocycles. The fourth-order valence-corrected chi connectivity index (χ4v) is 6.49. The van der Waals surface area contributed by atoms with Crippen LogP contribution in [0.5, 0.6) is 0 Å². The molecule has 44 heavy (non-hydrogen) atoms. The van der Waals surface area contributed by atoms with Gasteiger partial charge in [-0.05, 0) is 38.5 Å². The highest BCUT2D eigenvalue weighted by atomic mass is 35.5. The number of likely N-dealkylation sites (N-methyl/N-ethyl adjacent to an activating group) is 1. The number of aliphatic imine (C=N–C) groups is 1. The number of amidine groups is 1. The number of nitrogens with zero attached hydrogens (tertiary/aromatic N) is 3. The number of halogens is 5. The van der Waals surface area contributed by atoms with E-state index >= 15 is 0 Å². The Kier molecular flexibility index (Phi) is 11.7. The first kappa shape index (κ1) is 35.6. The Labute approximate surface area is 264 Å². The molecule has 0 unspecified atom stereocenters. The number of hydrogen-bond acceptors (Lipinski definition) is 8. The predicted molar refractivity (Wildman–Crippen MR) is 160 cm³/mol. The summed E-state index contributed by atoms with van der Waals surface area (Å²) >= 11 is 11.6. The summed E-state index contributed by atoms with van der Waals surface area (Å²) in [5, 5.41) is 1.32. The summed E-state index contributed by atoms with van der Waals surface area (Å²) in [6, 6.07) is 8.29. The summed E-state index contributed by atoms with van der Waals surface area (Å²) in [4.78, 5) is 31.8. The minimum atomic E-state index is -4.74. The molecule has 0 saturated heterocycles. The second-order valence-corrected chi connectivity index (χ2v) is 13.6. The van der Waals surface area contributed by atoms with Gasteiger partial charge in [0, 0.05) is 25.7 Å². The summed E-state index contributed by atoms with van der Waals surface area (Å²) in [6.45, 7) is 6.31. The molecule has 2 amide bonds. The molecule has 3 rings (SSSR count). The number of amides is 2. The van der Waals surface area contributed by atoms with Crippen LogP contribution in [0.1, 0.15) is 37.5 Å². The average molecular weight is 682 g/mol. The number of carbonyl (C=O) groups excluding carboxylic acids is 2. The van der Waals surface area contributed by atoms with E-state index in [-0.39, 0.29) is 32.2 Å². The Hall–Kier alpha value is -2.91. The Bertz CT molecular complexity index is 1470. The van der Waals surface area contributed by atoms with Gasteiger partial charge in [0.25, 0.3) is 0 Å². The van der Waals surface area contributed by atoms with Crippen LogP contribution < -0.4 is 5.32 Å². The van der Waals surface area contributed by atoms with E-state index in [4.69, 9.17) is 32.7 Å². The number of carbonyl (C=O) groups is 2. The molecule has 0 bridgehead atoms. The third kappa shape index (κ3) is 9.80. The number of sulfone groups is 1. The molecule has 1 heterocycles. The smallest absolute Gasteiger partial charge is 0.416 e. The predicted octanol–water partition coefficient (Wildman–Crippen LogP) is 5.01. The first-order valence-corrected chi connectivity index (χ1v) is 15.8. The van der Waals surface area contributed by atoms with Gasteiger partial charge in [-0.2, -0.15) is 13.2 Å². The normalized spacial score (nSPS) is 14.0. The second-order valence-electron chi connectivity index (χ2n) is 10.9. The van der Waals surface area contributed by atoms with E-state index in [2.05, 4.69) is 10.3 Å². The highest BCUT2D eigenvalue weighted by Gasteiger charge is 2.34. The quantitative estimate of drug-likeness (QED) is 0.332. The Morgan fingerprint density at radius 2 is 1.70 bits per heavy atom. The van der Waals surface area contributed by atoms with Crippen molar-refractivity contribution in [1.82, 2.24) is 15.1 Å². The number of ether oxygens (including phenoxy) is 2. The van der Waals surface area contributed by atoms with E-state index in [1.807, 2.05) is 24.3 Å². The number of rotatable bonds is 11. The Balaban J connectivity index is 1.43. The van der Waals surface area contributed by atoms with Gasteiger partial charge in [0.05, 0.1) is 35.3 Å². The SMILES string of the molecule is CN(Cc1ccc(C2=NCCN2C(=O)OC(C)(C)C)cc1)C(=O)COCCNCS(=O)(=O)c1c(Cl)cc(C(F)(F)F)cc1Cl. The number of nitrogens with one attached hydrogen (secondary N) is 1. The molecule has 0 fully saturated rings. The maximum absolute atomic E-state index is 12.9.